The lowest BCUT2D eigenvalue weighted by Crippen LogP contribution is -2.43. The quantitative estimate of drug-likeness (QED) is 0.684. The summed E-state index contributed by atoms with van der Waals surface area (Å²) in [5.74, 6) is 1.06. The van der Waals surface area contributed by atoms with Gasteiger partial charge in [-0.1, -0.05) is 55.7 Å². The predicted octanol–water partition coefficient (Wildman–Crippen LogP) is 5.11. The second-order valence-electron chi connectivity index (χ2n) is 8.47. The number of Topliss-reactive ketones (excluding diaryl/α,β-unsaturated/α-hetero) is 1. The minimum atomic E-state index is -0.295. The maximum atomic E-state index is 13.6. The molecule has 2 aliphatic carbocycles. The topological polar surface area (TPSA) is 64.6 Å². The summed E-state index contributed by atoms with van der Waals surface area (Å²) in [5.41, 5.74) is 2.73. The molecule has 0 heterocycles. The Morgan fingerprint density at radius 1 is 0.968 bits per heavy atom. The van der Waals surface area contributed by atoms with Gasteiger partial charge in [-0.05, 0) is 36.1 Å². The van der Waals surface area contributed by atoms with Gasteiger partial charge in [-0.3, -0.25) is 9.59 Å². The predicted molar refractivity (Wildman–Crippen MR) is 120 cm³/mol. The fourth-order valence-corrected chi connectivity index (χ4v) is 5.13. The lowest BCUT2D eigenvalue weighted by molar-refractivity contribution is -0.120. The maximum absolute atomic E-state index is 13.6. The summed E-state index contributed by atoms with van der Waals surface area (Å²) in [6, 6.07) is 12.9. The fourth-order valence-electron chi connectivity index (χ4n) is 5.13. The molecule has 1 N–H and O–H groups in total. The number of carbonyl (C=O) groups excluding carboxylic acids is 2. The van der Waals surface area contributed by atoms with E-state index in [1.54, 1.807) is 21.1 Å². The fraction of sp³-hybridized carbons (Fsp3) is 0.385. The number of methoxy groups -OCH3 is 2. The first kappa shape index (κ1) is 21.2. The van der Waals surface area contributed by atoms with Crippen LogP contribution in [0.15, 0.2) is 48.5 Å². The lowest BCUT2D eigenvalue weighted by Gasteiger charge is -2.46. The van der Waals surface area contributed by atoms with Crippen molar-refractivity contribution in [3.63, 3.8) is 0 Å². The van der Waals surface area contributed by atoms with E-state index < -0.39 is 0 Å². The first-order chi connectivity index (χ1) is 15.0. The highest BCUT2D eigenvalue weighted by atomic mass is 16.5. The van der Waals surface area contributed by atoms with Crippen molar-refractivity contribution in [1.82, 2.24) is 5.32 Å². The molecule has 5 heteroatoms. The molecule has 0 bridgehead atoms. The molecule has 0 radical (unpaired) electrons. The second kappa shape index (κ2) is 8.58. The van der Waals surface area contributed by atoms with Gasteiger partial charge in [0.1, 0.15) is 0 Å². The van der Waals surface area contributed by atoms with Crippen molar-refractivity contribution in [3.05, 3.63) is 65.2 Å². The van der Waals surface area contributed by atoms with E-state index in [4.69, 9.17) is 9.47 Å². The Bertz CT molecular complexity index is 1020. The summed E-state index contributed by atoms with van der Waals surface area (Å²) in [7, 11) is 3.19. The minimum Gasteiger partial charge on any atom is -0.493 e. The number of hydrogen-bond acceptors (Lipinski definition) is 4. The molecule has 0 unspecified atom stereocenters. The van der Waals surface area contributed by atoms with Crippen LogP contribution in [0, 0.1) is 5.41 Å². The van der Waals surface area contributed by atoms with Gasteiger partial charge in [0.2, 0.25) is 5.91 Å². The van der Waals surface area contributed by atoms with Gasteiger partial charge in [-0.15, -0.1) is 0 Å². The molecular formula is C26H29NO4. The minimum absolute atomic E-state index is 0.0136. The monoisotopic (exact) mass is 419 g/mol. The lowest BCUT2D eigenvalue weighted by atomic mass is 9.62. The van der Waals surface area contributed by atoms with Gasteiger partial charge in [-0.25, -0.2) is 0 Å². The van der Waals surface area contributed by atoms with Crippen molar-refractivity contribution < 1.29 is 19.1 Å². The van der Waals surface area contributed by atoms with E-state index in [1.807, 2.05) is 42.5 Å². The average Bonchev–Trinajstić information content (AvgIpc) is 2.80. The van der Waals surface area contributed by atoms with Crippen molar-refractivity contribution in [2.45, 2.75) is 45.1 Å². The molecule has 0 aliphatic heterocycles. The van der Waals surface area contributed by atoms with Crippen molar-refractivity contribution >= 4 is 17.3 Å². The van der Waals surface area contributed by atoms with Crippen molar-refractivity contribution in [2.75, 3.05) is 14.2 Å². The maximum Gasteiger partial charge on any atom is 0.217 e. The van der Waals surface area contributed by atoms with E-state index in [-0.39, 0.29) is 23.1 Å². The number of allylic oxidation sites excluding steroid dienone is 1. The van der Waals surface area contributed by atoms with Crippen molar-refractivity contribution in [1.29, 1.82) is 0 Å². The van der Waals surface area contributed by atoms with Crippen LogP contribution in [0.2, 0.25) is 0 Å². The summed E-state index contributed by atoms with van der Waals surface area (Å²) in [4.78, 5) is 25.9. The third-order valence-electron chi connectivity index (χ3n) is 6.58. The molecule has 2 aromatic carbocycles. The van der Waals surface area contributed by atoms with Crippen LogP contribution >= 0.6 is 0 Å². The number of carbonyl (C=O) groups is 2. The van der Waals surface area contributed by atoms with Crippen LogP contribution in [-0.4, -0.2) is 25.9 Å². The Labute approximate surface area is 183 Å². The number of amides is 1. The number of fused-ring (bicyclic) bond motifs is 1. The number of rotatable bonds is 5. The Morgan fingerprint density at radius 2 is 1.61 bits per heavy atom. The van der Waals surface area contributed by atoms with E-state index >= 15 is 0 Å². The molecule has 0 saturated heterocycles. The summed E-state index contributed by atoms with van der Waals surface area (Å²) in [6.45, 7) is 1.55. The molecule has 1 saturated carbocycles. The molecule has 1 spiro atoms. The Balaban J connectivity index is 1.96. The van der Waals surface area contributed by atoms with Crippen LogP contribution in [0.3, 0.4) is 0 Å². The molecule has 2 aromatic rings. The van der Waals surface area contributed by atoms with E-state index in [9.17, 15) is 9.59 Å². The number of benzene rings is 2. The third kappa shape index (κ3) is 3.85. The second-order valence-corrected chi connectivity index (χ2v) is 8.47. The molecular weight excluding hydrogens is 390 g/mol. The van der Waals surface area contributed by atoms with E-state index in [1.165, 1.54) is 6.42 Å². The van der Waals surface area contributed by atoms with Gasteiger partial charge in [0.05, 0.1) is 20.3 Å². The van der Waals surface area contributed by atoms with Crippen LogP contribution in [0.4, 0.5) is 0 Å². The smallest absolute Gasteiger partial charge is 0.217 e. The Morgan fingerprint density at radius 3 is 2.23 bits per heavy atom. The standard InChI is InChI=1S/C26H29NO4/c1-17(28)27-25-20-15-23(31-3)22(30-2)14-19(20)21(16-26(25)12-8-5-9-13-26)24(29)18-10-6-4-7-11-18/h4,6-7,10-11,14-16,25H,5,8-9,12-13H2,1-3H3,(H,27,28)/t25-/m1/s1. The molecule has 4 rings (SSSR count). The highest BCUT2D eigenvalue weighted by molar-refractivity contribution is 6.29. The molecule has 162 valence electrons. The van der Waals surface area contributed by atoms with E-state index in [0.717, 1.165) is 36.8 Å². The van der Waals surface area contributed by atoms with Gasteiger partial charge in [0, 0.05) is 23.5 Å². The van der Waals surface area contributed by atoms with E-state index in [2.05, 4.69) is 11.4 Å². The highest BCUT2D eigenvalue weighted by Gasteiger charge is 2.45. The highest BCUT2D eigenvalue weighted by Crippen LogP contribution is 2.54. The first-order valence-electron chi connectivity index (χ1n) is 10.8. The average molecular weight is 420 g/mol. The Kier molecular flexibility index (Phi) is 5.86. The molecule has 2 aliphatic rings. The number of ketones is 1. The van der Waals surface area contributed by atoms with Crippen LogP contribution in [-0.2, 0) is 4.79 Å². The van der Waals surface area contributed by atoms with Crippen LogP contribution in [0.5, 0.6) is 11.5 Å². The van der Waals surface area contributed by atoms with Crippen molar-refractivity contribution in [3.8, 4) is 11.5 Å². The molecule has 0 aromatic heterocycles. The zero-order valence-electron chi connectivity index (χ0n) is 18.4. The normalized spacial score (nSPS) is 19.2. The number of nitrogens with one attached hydrogen (secondary N) is 1. The molecule has 5 nitrogen and oxygen atoms in total. The van der Waals surface area contributed by atoms with Gasteiger partial charge >= 0.3 is 0 Å². The summed E-state index contributed by atoms with van der Waals surface area (Å²) < 4.78 is 11.1. The SMILES string of the molecule is COc1cc2c(cc1OC)[C@@H](NC(C)=O)C1(C=C2C(=O)c2ccccc2)CCCCC1. The van der Waals surface area contributed by atoms with Crippen LogP contribution < -0.4 is 14.8 Å². The zero-order valence-corrected chi connectivity index (χ0v) is 18.4. The number of hydrogen-bond donors (Lipinski definition) is 1. The summed E-state index contributed by atoms with van der Waals surface area (Å²) >= 11 is 0. The van der Waals surface area contributed by atoms with Gasteiger partial charge in [0.15, 0.2) is 17.3 Å². The summed E-state index contributed by atoms with van der Waals surface area (Å²) in [6.07, 6.45) is 7.30. The van der Waals surface area contributed by atoms with Crippen LogP contribution in [0.25, 0.3) is 5.57 Å². The summed E-state index contributed by atoms with van der Waals surface area (Å²) in [5, 5.41) is 3.20. The van der Waals surface area contributed by atoms with Gasteiger partial charge in [0.25, 0.3) is 0 Å². The van der Waals surface area contributed by atoms with E-state index in [0.29, 0.717) is 22.6 Å². The molecule has 1 fully saturated rings. The van der Waals surface area contributed by atoms with Gasteiger partial charge < -0.3 is 14.8 Å². The van der Waals surface area contributed by atoms with Gasteiger partial charge in [-0.2, -0.15) is 0 Å². The molecule has 1 atom stereocenters. The van der Waals surface area contributed by atoms with Crippen LogP contribution in [0.1, 0.15) is 66.6 Å². The molecule has 1 amide bonds. The molecule has 31 heavy (non-hydrogen) atoms. The number of ether oxygens (including phenoxy) is 2. The first-order valence-corrected chi connectivity index (χ1v) is 10.8. The zero-order chi connectivity index (χ0) is 22.0. The third-order valence-corrected chi connectivity index (χ3v) is 6.58. The Hall–Kier alpha value is -3.08. The largest absolute Gasteiger partial charge is 0.493 e. The van der Waals surface area contributed by atoms with Crippen molar-refractivity contribution in [2.24, 2.45) is 5.41 Å².